The molecule has 0 aliphatic rings. The summed E-state index contributed by atoms with van der Waals surface area (Å²) in [5, 5.41) is 0. The van der Waals surface area contributed by atoms with Crippen LogP contribution in [0, 0.1) is 0 Å². The molecule has 0 saturated heterocycles. The van der Waals surface area contributed by atoms with Gasteiger partial charge in [0.25, 0.3) is 0 Å². The maximum Gasteiger partial charge on any atom is 0.306 e. The summed E-state index contributed by atoms with van der Waals surface area (Å²) in [7, 11) is 0. The Kier molecular flexibility index (Phi) is 53.0. The van der Waals surface area contributed by atoms with Crippen molar-refractivity contribution < 1.29 is 23.8 Å². The second kappa shape index (κ2) is 55.9. The first-order chi connectivity index (χ1) is 32.6. The second-order valence-corrected chi connectivity index (χ2v) is 17.7. The maximum absolute atomic E-state index is 12.8. The molecule has 0 fully saturated rings. The van der Waals surface area contributed by atoms with Crippen LogP contribution in [0.2, 0.25) is 0 Å². The third-order valence-corrected chi connectivity index (χ3v) is 11.3. The van der Waals surface area contributed by atoms with Gasteiger partial charge in [0.05, 0.1) is 6.61 Å². The summed E-state index contributed by atoms with van der Waals surface area (Å²) in [5.74, 6) is -0.435. The summed E-state index contributed by atoms with van der Waals surface area (Å²) in [4.78, 5) is 25.5. The fourth-order valence-corrected chi connectivity index (χ4v) is 7.24. The van der Waals surface area contributed by atoms with Crippen LogP contribution in [0.3, 0.4) is 0 Å². The Morgan fingerprint density at radius 2 is 0.682 bits per heavy atom. The molecule has 0 saturated carbocycles. The van der Waals surface area contributed by atoms with E-state index in [9.17, 15) is 9.59 Å². The van der Waals surface area contributed by atoms with Gasteiger partial charge in [0.15, 0.2) is 6.10 Å². The van der Waals surface area contributed by atoms with E-state index in [2.05, 4.69) is 130 Å². The number of hydrogen-bond acceptors (Lipinski definition) is 5. The van der Waals surface area contributed by atoms with Crippen LogP contribution in [0.4, 0.5) is 0 Å². The smallest absolute Gasteiger partial charge is 0.306 e. The van der Waals surface area contributed by atoms with E-state index in [1.807, 2.05) is 0 Å². The first-order valence-corrected chi connectivity index (χ1v) is 27.4. The summed E-state index contributed by atoms with van der Waals surface area (Å²) in [6.07, 6.45) is 76.7. The van der Waals surface area contributed by atoms with Crippen molar-refractivity contribution in [2.75, 3.05) is 19.8 Å². The van der Waals surface area contributed by atoms with E-state index < -0.39 is 6.10 Å². The molecule has 0 amide bonds. The Morgan fingerprint density at radius 3 is 1.11 bits per heavy atom. The fourth-order valence-electron chi connectivity index (χ4n) is 7.24. The zero-order chi connectivity index (χ0) is 47.7. The van der Waals surface area contributed by atoms with Crippen molar-refractivity contribution in [2.24, 2.45) is 0 Å². The number of carbonyl (C=O) groups excluding carboxylic acids is 2. The second-order valence-electron chi connectivity index (χ2n) is 17.7. The van der Waals surface area contributed by atoms with Crippen LogP contribution in [0.5, 0.6) is 0 Å². The Hall–Kier alpha value is -3.44. The van der Waals surface area contributed by atoms with Gasteiger partial charge in [0.2, 0.25) is 0 Å². The van der Waals surface area contributed by atoms with Crippen molar-refractivity contribution in [3.8, 4) is 0 Å². The average Bonchev–Trinajstić information content (AvgIpc) is 3.32. The molecule has 376 valence electrons. The number of ether oxygens (including phenoxy) is 3. The minimum atomic E-state index is -0.560. The highest BCUT2D eigenvalue weighted by Gasteiger charge is 2.17. The molecule has 0 bridgehead atoms. The van der Waals surface area contributed by atoms with E-state index in [1.165, 1.54) is 89.9 Å². The molecule has 0 aliphatic heterocycles. The summed E-state index contributed by atoms with van der Waals surface area (Å²) in [6, 6.07) is 0. The lowest BCUT2D eigenvalue weighted by molar-refractivity contribution is -0.163. The molecule has 0 spiro atoms. The van der Waals surface area contributed by atoms with E-state index >= 15 is 0 Å². The third kappa shape index (κ3) is 53.2. The molecule has 0 N–H and O–H groups in total. The van der Waals surface area contributed by atoms with Gasteiger partial charge < -0.3 is 14.2 Å². The summed E-state index contributed by atoms with van der Waals surface area (Å²) in [5.41, 5.74) is 0. The highest BCUT2D eigenvalue weighted by molar-refractivity contribution is 5.70. The monoisotopic (exact) mass is 915 g/mol. The van der Waals surface area contributed by atoms with Gasteiger partial charge in [-0.1, -0.05) is 220 Å². The third-order valence-electron chi connectivity index (χ3n) is 11.3. The lowest BCUT2D eigenvalue weighted by atomic mass is 10.1. The van der Waals surface area contributed by atoms with Crippen molar-refractivity contribution in [1.29, 1.82) is 0 Å². The zero-order valence-electron chi connectivity index (χ0n) is 43.2. The first kappa shape index (κ1) is 62.6. The standard InChI is InChI=1S/C61H102O5/c1-4-7-10-13-16-19-22-25-27-29-31-33-35-37-39-42-45-48-51-54-60(62)65-58-59(57-64-56-53-50-47-44-41-24-21-18-15-12-9-6-3)66-61(63)55-52-49-46-43-40-38-36-34-32-30-28-26-23-20-17-14-11-8-5-2/h7-8,10-11,15-20,25-28,31-34,59H,4-6,9,12-14,21-24,29-30,35-58H2,1-3H3/b10-7-,11-8-,18-15-,19-16-,20-17-,27-25-,28-26-,33-31-,34-32-. The summed E-state index contributed by atoms with van der Waals surface area (Å²) in [6.45, 7) is 7.53. The summed E-state index contributed by atoms with van der Waals surface area (Å²) < 4.78 is 17.4. The molecule has 5 nitrogen and oxygen atoms in total. The number of hydrogen-bond donors (Lipinski definition) is 0. The molecule has 5 heteroatoms. The molecule has 0 aliphatic carbocycles. The molecule has 1 unspecified atom stereocenters. The van der Waals surface area contributed by atoms with E-state index in [0.717, 1.165) is 116 Å². The number of unbranched alkanes of at least 4 members (excludes halogenated alkanes) is 20. The normalized spacial score (nSPS) is 13.1. The van der Waals surface area contributed by atoms with Crippen LogP contribution in [0.15, 0.2) is 109 Å². The Balaban J connectivity index is 4.32. The predicted molar refractivity (Wildman–Crippen MR) is 288 cm³/mol. The van der Waals surface area contributed by atoms with Crippen LogP contribution in [-0.4, -0.2) is 37.9 Å². The van der Waals surface area contributed by atoms with Crippen molar-refractivity contribution >= 4 is 11.9 Å². The molecule has 0 rings (SSSR count). The van der Waals surface area contributed by atoms with Crippen LogP contribution in [-0.2, 0) is 23.8 Å². The molecule has 0 radical (unpaired) electrons. The highest BCUT2D eigenvalue weighted by atomic mass is 16.6. The van der Waals surface area contributed by atoms with Gasteiger partial charge in [-0.25, -0.2) is 0 Å². The molecule has 0 heterocycles. The fraction of sp³-hybridized carbons (Fsp3) is 0.672. The lowest BCUT2D eigenvalue weighted by Crippen LogP contribution is -2.30. The van der Waals surface area contributed by atoms with E-state index in [4.69, 9.17) is 14.2 Å². The summed E-state index contributed by atoms with van der Waals surface area (Å²) >= 11 is 0. The van der Waals surface area contributed by atoms with Crippen LogP contribution in [0.25, 0.3) is 0 Å². The number of carbonyl (C=O) groups is 2. The molecule has 0 aromatic rings. The predicted octanol–water partition coefficient (Wildman–Crippen LogP) is 18.8. The van der Waals surface area contributed by atoms with E-state index in [-0.39, 0.29) is 25.2 Å². The van der Waals surface area contributed by atoms with Crippen LogP contribution >= 0.6 is 0 Å². The van der Waals surface area contributed by atoms with Crippen molar-refractivity contribution in [2.45, 2.75) is 245 Å². The molecular weight excluding hydrogens is 813 g/mol. The number of rotatable bonds is 49. The Labute approximate surface area is 408 Å². The lowest BCUT2D eigenvalue weighted by Gasteiger charge is -2.18. The van der Waals surface area contributed by atoms with Crippen LogP contribution < -0.4 is 0 Å². The van der Waals surface area contributed by atoms with Gasteiger partial charge >= 0.3 is 11.9 Å². The minimum Gasteiger partial charge on any atom is -0.462 e. The van der Waals surface area contributed by atoms with Crippen molar-refractivity contribution in [3.63, 3.8) is 0 Å². The number of esters is 2. The topological polar surface area (TPSA) is 61.8 Å². The first-order valence-electron chi connectivity index (χ1n) is 27.4. The molecule has 0 aromatic heterocycles. The molecule has 1 atom stereocenters. The SMILES string of the molecule is CC/C=C\C/C=C\C/C=C\C/C=C\CCCCCCCCC(=O)OCC(COCCCCCCCC/C=C\CCCC)OC(=O)CCCCCCCC/C=C\C/C=C\C/C=C\C/C=C\CC. The maximum atomic E-state index is 12.8. The van der Waals surface area contributed by atoms with Gasteiger partial charge in [-0.05, 0) is 116 Å². The number of allylic oxidation sites excluding steroid dienone is 18. The van der Waals surface area contributed by atoms with Gasteiger partial charge in [-0.2, -0.15) is 0 Å². The Morgan fingerprint density at radius 1 is 0.348 bits per heavy atom. The molecular formula is C61H102O5. The minimum absolute atomic E-state index is 0.0635. The van der Waals surface area contributed by atoms with E-state index in [0.29, 0.717) is 19.4 Å². The van der Waals surface area contributed by atoms with Gasteiger partial charge in [0, 0.05) is 19.4 Å². The quantitative estimate of drug-likeness (QED) is 0.0346. The largest absolute Gasteiger partial charge is 0.462 e. The zero-order valence-corrected chi connectivity index (χ0v) is 43.2. The van der Waals surface area contributed by atoms with E-state index in [1.54, 1.807) is 0 Å². The van der Waals surface area contributed by atoms with Crippen molar-refractivity contribution in [1.82, 2.24) is 0 Å². The highest BCUT2D eigenvalue weighted by Crippen LogP contribution is 2.13. The van der Waals surface area contributed by atoms with Gasteiger partial charge in [-0.3, -0.25) is 9.59 Å². The molecule has 66 heavy (non-hydrogen) atoms. The Bertz CT molecular complexity index is 1310. The average molecular weight is 915 g/mol. The molecule has 0 aromatic carbocycles. The van der Waals surface area contributed by atoms with Crippen LogP contribution in [0.1, 0.15) is 239 Å². The van der Waals surface area contributed by atoms with Gasteiger partial charge in [-0.15, -0.1) is 0 Å². The van der Waals surface area contributed by atoms with Crippen molar-refractivity contribution in [3.05, 3.63) is 109 Å². The van der Waals surface area contributed by atoms with Gasteiger partial charge in [0.1, 0.15) is 6.61 Å².